The summed E-state index contributed by atoms with van der Waals surface area (Å²) in [6.45, 7) is 0. The first kappa shape index (κ1) is 22.5. The van der Waals surface area contributed by atoms with Crippen molar-refractivity contribution in [2.75, 3.05) is 7.11 Å². The zero-order chi connectivity index (χ0) is 23.5. The third-order valence-electron chi connectivity index (χ3n) is 3.99. The van der Waals surface area contributed by atoms with Crippen molar-refractivity contribution in [3.8, 4) is 28.6 Å². The van der Waals surface area contributed by atoms with E-state index in [1.54, 1.807) is 0 Å². The fourth-order valence-corrected chi connectivity index (χ4v) is 2.49. The number of amides is 1. The van der Waals surface area contributed by atoms with Gasteiger partial charge < -0.3 is 9.47 Å². The van der Waals surface area contributed by atoms with E-state index in [9.17, 15) is 26.7 Å². The van der Waals surface area contributed by atoms with Gasteiger partial charge in [0.15, 0.2) is 5.82 Å². The molecule has 14 heteroatoms. The lowest BCUT2D eigenvalue weighted by Gasteiger charge is -2.20. The molecule has 1 heterocycles. The van der Waals surface area contributed by atoms with Gasteiger partial charge >= 0.3 is 12.3 Å². The highest BCUT2D eigenvalue weighted by atomic mass is 19.4. The van der Waals surface area contributed by atoms with E-state index >= 15 is 0 Å². The van der Waals surface area contributed by atoms with Crippen LogP contribution >= 0.6 is 0 Å². The van der Waals surface area contributed by atoms with Crippen molar-refractivity contribution in [3.63, 3.8) is 0 Å². The summed E-state index contributed by atoms with van der Waals surface area (Å²) in [6.07, 6.45) is -9.91. The van der Waals surface area contributed by atoms with Gasteiger partial charge in [-0.05, 0) is 47.0 Å². The van der Waals surface area contributed by atoms with Crippen molar-refractivity contribution < 1.29 is 36.2 Å². The van der Waals surface area contributed by atoms with Gasteiger partial charge in [-0.25, -0.2) is 9.67 Å². The second kappa shape index (κ2) is 8.51. The maximum absolute atomic E-state index is 13.0. The number of nitrogens with zero attached hydrogens (tertiary/aromatic N) is 6. The van der Waals surface area contributed by atoms with Crippen LogP contribution in [-0.2, 0) is 0 Å². The van der Waals surface area contributed by atoms with Crippen molar-refractivity contribution in [3.05, 3.63) is 64.8 Å². The molecule has 9 nitrogen and oxygen atoms in total. The number of methoxy groups -OCH3 is 1. The standard InChI is InChI=1S/C18H11F5N6O3/c1-31-14-8-10(2-7-13(14)16(30)26-28-24)15-25-9-29(27-15)11-3-5-12(6-4-11)32-18(22,23)17(19,20)21/h2-9H,1H3. The summed E-state index contributed by atoms with van der Waals surface area (Å²) in [5, 5.41) is 7.19. The molecule has 0 aliphatic heterocycles. The summed E-state index contributed by atoms with van der Waals surface area (Å²) in [5.74, 6) is -1.23. The Morgan fingerprint density at radius 2 is 1.81 bits per heavy atom. The molecule has 0 fully saturated rings. The first-order valence-electron chi connectivity index (χ1n) is 8.49. The maximum Gasteiger partial charge on any atom is 0.499 e. The monoisotopic (exact) mass is 454 g/mol. The number of carbonyl (C=O) groups excluding carboxylic acids is 1. The van der Waals surface area contributed by atoms with Gasteiger partial charge in [0.2, 0.25) is 0 Å². The quantitative estimate of drug-likeness (QED) is 0.227. The summed E-state index contributed by atoms with van der Waals surface area (Å²) in [6, 6.07) is 8.56. The molecule has 0 spiro atoms. The van der Waals surface area contributed by atoms with Crippen molar-refractivity contribution in [2.24, 2.45) is 5.11 Å². The van der Waals surface area contributed by atoms with Crippen molar-refractivity contribution in [2.45, 2.75) is 12.3 Å². The number of carbonyl (C=O) groups is 1. The van der Waals surface area contributed by atoms with Crippen molar-refractivity contribution in [1.82, 2.24) is 14.8 Å². The van der Waals surface area contributed by atoms with E-state index in [0.29, 0.717) is 11.3 Å². The number of aromatic nitrogens is 3. The van der Waals surface area contributed by atoms with Gasteiger partial charge in [-0.1, -0.05) is 6.07 Å². The lowest BCUT2D eigenvalue weighted by atomic mass is 10.1. The molecule has 0 aliphatic carbocycles. The van der Waals surface area contributed by atoms with E-state index in [0.717, 1.165) is 12.1 Å². The molecule has 1 amide bonds. The molecule has 3 rings (SSSR count). The largest absolute Gasteiger partial charge is 0.499 e. The Labute approximate surface area is 175 Å². The van der Waals surface area contributed by atoms with Crippen LogP contribution in [-0.4, -0.2) is 40.1 Å². The molecule has 0 bridgehead atoms. The number of rotatable bonds is 6. The molecule has 0 saturated carbocycles. The molecule has 0 radical (unpaired) electrons. The SMILES string of the molecule is COc1cc(-c2ncn(-c3ccc(OC(F)(F)C(F)(F)F)cc3)n2)ccc1C(=O)N=[N+]=[N-]. The van der Waals surface area contributed by atoms with E-state index < -0.39 is 23.9 Å². The Bertz CT molecular complexity index is 1190. The molecule has 3 aromatic rings. The van der Waals surface area contributed by atoms with Crippen LogP contribution in [0.25, 0.3) is 27.5 Å². The van der Waals surface area contributed by atoms with Gasteiger partial charge in [0.1, 0.15) is 17.8 Å². The van der Waals surface area contributed by atoms with E-state index in [4.69, 9.17) is 10.3 Å². The second-order valence-electron chi connectivity index (χ2n) is 6.03. The highest BCUT2D eigenvalue weighted by Crippen LogP contribution is 2.37. The van der Waals surface area contributed by atoms with E-state index in [1.165, 1.54) is 48.5 Å². The summed E-state index contributed by atoms with van der Waals surface area (Å²) in [5.41, 5.74) is 9.15. The smallest absolute Gasteiger partial charge is 0.496 e. The van der Waals surface area contributed by atoms with Gasteiger partial charge in [0.25, 0.3) is 5.91 Å². The second-order valence-corrected chi connectivity index (χ2v) is 6.03. The van der Waals surface area contributed by atoms with E-state index in [2.05, 4.69) is 24.8 Å². The number of benzene rings is 2. The zero-order valence-corrected chi connectivity index (χ0v) is 15.9. The Hall–Kier alpha value is -4.19. The first-order valence-corrected chi connectivity index (χ1v) is 8.49. The van der Waals surface area contributed by atoms with Crippen LogP contribution in [0.3, 0.4) is 0 Å². The number of hydrogen-bond acceptors (Lipinski definition) is 5. The lowest BCUT2D eigenvalue weighted by Crippen LogP contribution is -2.41. The van der Waals surface area contributed by atoms with Crippen LogP contribution in [0, 0.1) is 0 Å². The van der Waals surface area contributed by atoms with Crippen LogP contribution < -0.4 is 9.47 Å². The molecule has 2 aromatic carbocycles. The molecule has 32 heavy (non-hydrogen) atoms. The third kappa shape index (κ3) is 4.59. The fourth-order valence-electron chi connectivity index (χ4n) is 2.49. The highest BCUT2D eigenvalue weighted by molar-refractivity contribution is 5.98. The predicted octanol–water partition coefficient (Wildman–Crippen LogP) is 4.93. The van der Waals surface area contributed by atoms with Crippen LogP contribution in [0.4, 0.5) is 22.0 Å². The average Bonchev–Trinajstić information content (AvgIpc) is 3.23. The van der Waals surface area contributed by atoms with E-state index in [1.807, 2.05) is 0 Å². The van der Waals surface area contributed by atoms with Crippen molar-refractivity contribution in [1.29, 1.82) is 0 Å². The number of alkyl halides is 5. The lowest BCUT2D eigenvalue weighted by molar-refractivity contribution is -0.360. The number of ether oxygens (including phenoxy) is 2. The zero-order valence-electron chi connectivity index (χ0n) is 15.9. The Morgan fingerprint density at radius 1 is 1.12 bits per heavy atom. The Morgan fingerprint density at radius 3 is 2.41 bits per heavy atom. The molecule has 0 unspecified atom stereocenters. The first-order chi connectivity index (χ1) is 15.1. The van der Waals surface area contributed by atoms with Crippen LogP contribution in [0.5, 0.6) is 11.5 Å². The van der Waals surface area contributed by atoms with Crippen LogP contribution in [0.2, 0.25) is 0 Å². The van der Waals surface area contributed by atoms with Gasteiger partial charge in [-0.15, -0.1) is 5.10 Å². The van der Waals surface area contributed by atoms with Gasteiger partial charge in [-0.3, -0.25) is 4.79 Å². The molecule has 1 aromatic heterocycles. The molecule has 0 aliphatic rings. The number of hydrogen-bond donors (Lipinski definition) is 0. The topological polar surface area (TPSA) is 115 Å². The van der Waals surface area contributed by atoms with Crippen molar-refractivity contribution >= 4 is 5.91 Å². The van der Waals surface area contributed by atoms with Gasteiger partial charge in [0.05, 0.1) is 18.4 Å². The molecular weight excluding hydrogens is 443 g/mol. The minimum atomic E-state index is -5.85. The molecular formula is C18H11F5N6O3. The van der Waals surface area contributed by atoms with Crippen LogP contribution in [0.15, 0.2) is 53.9 Å². The van der Waals surface area contributed by atoms with Crippen LogP contribution in [0.1, 0.15) is 10.4 Å². The maximum atomic E-state index is 13.0. The highest BCUT2D eigenvalue weighted by Gasteiger charge is 2.61. The third-order valence-corrected chi connectivity index (χ3v) is 3.99. The average molecular weight is 454 g/mol. The predicted molar refractivity (Wildman–Crippen MR) is 98.5 cm³/mol. The molecule has 0 saturated heterocycles. The summed E-state index contributed by atoms with van der Waals surface area (Å²) in [4.78, 5) is 18.3. The summed E-state index contributed by atoms with van der Waals surface area (Å²) >= 11 is 0. The normalized spacial score (nSPS) is 11.6. The van der Waals surface area contributed by atoms with Gasteiger partial charge in [0, 0.05) is 10.5 Å². The number of azide groups is 1. The Kier molecular flexibility index (Phi) is 5.98. The summed E-state index contributed by atoms with van der Waals surface area (Å²) in [7, 11) is 1.31. The molecule has 166 valence electrons. The fraction of sp³-hybridized carbons (Fsp3) is 0.167. The molecule has 0 N–H and O–H groups in total. The summed E-state index contributed by atoms with van der Waals surface area (Å²) < 4.78 is 72.8. The van der Waals surface area contributed by atoms with Gasteiger partial charge in [-0.2, -0.15) is 22.0 Å². The minimum Gasteiger partial charge on any atom is -0.496 e. The van der Waals surface area contributed by atoms with E-state index in [-0.39, 0.29) is 17.1 Å². The minimum absolute atomic E-state index is 0.0275. The Balaban J connectivity index is 1.83. The molecule has 0 atom stereocenters. The number of halogens is 5.